The lowest BCUT2D eigenvalue weighted by molar-refractivity contribution is 0.668. The summed E-state index contributed by atoms with van der Waals surface area (Å²) < 4.78 is 6.58. The van der Waals surface area contributed by atoms with Crippen molar-refractivity contribution >= 4 is 54.4 Å². The molecule has 3 aromatic heterocycles. The number of rotatable bonds is 4. The van der Waals surface area contributed by atoms with Gasteiger partial charge in [0.15, 0.2) is 28.8 Å². The smallest absolute Gasteiger partial charge is 0.186 e. The Labute approximate surface area is 281 Å². The molecule has 3 heterocycles. The van der Waals surface area contributed by atoms with E-state index in [0.717, 1.165) is 65.7 Å². The van der Waals surface area contributed by atoms with E-state index < -0.39 is 0 Å². The number of para-hydroxylation sites is 2. The predicted octanol–water partition coefficient (Wildman–Crippen LogP) is 11.3. The number of hydrogen-bond acceptors (Lipinski definition) is 5. The lowest BCUT2D eigenvalue weighted by atomic mass is 9.97. The van der Waals surface area contributed by atoms with Crippen molar-refractivity contribution in [2.75, 3.05) is 0 Å². The molecular formula is C44H26N4O. The van der Waals surface area contributed by atoms with E-state index in [2.05, 4.69) is 115 Å². The SMILES string of the molecule is c1ccc(-c2cccc(-c3nc(-c4cc5ccccc5c5ccccc45)nc(-c4nc5ccccc5c5c4oc4ccccc45)n3)c2)cc1. The lowest BCUT2D eigenvalue weighted by Crippen LogP contribution is -2.02. The largest absolute Gasteiger partial charge is 0.454 e. The third-order valence-electron chi connectivity index (χ3n) is 9.30. The van der Waals surface area contributed by atoms with Gasteiger partial charge in [-0.25, -0.2) is 19.9 Å². The van der Waals surface area contributed by atoms with Gasteiger partial charge in [0.25, 0.3) is 0 Å². The standard InChI is InChI=1S/C44H26N4O/c1-2-13-27(14-3-1)28-16-12-17-30(25-28)42-46-43(36-26-29-15-4-5-18-31(29)32-19-6-7-20-33(32)36)48-44(47-42)40-41-39(34-21-8-10-23-37(34)45-40)35-22-9-11-24-38(35)49-41/h1-26H. The molecule has 49 heavy (non-hydrogen) atoms. The van der Waals surface area contributed by atoms with Crippen LogP contribution in [-0.2, 0) is 0 Å². The molecule has 0 radical (unpaired) electrons. The Morgan fingerprint density at radius 3 is 1.90 bits per heavy atom. The Morgan fingerprint density at radius 2 is 1.02 bits per heavy atom. The second-order valence-corrected chi connectivity index (χ2v) is 12.2. The Hall–Kier alpha value is -6.72. The predicted molar refractivity (Wildman–Crippen MR) is 199 cm³/mol. The van der Waals surface area contributed by atoms with Crippen LogP contribution in [0.4, 0.5) is 0 Å². The molecule has 0 saturated carbocycles. The molecule has 0 fully saturated rings. The number of pyridine rings is 1. The van der Waals surface area contributed by atoms with Gasteiger partial charge in [0.1, 0.15) is 5.58 Å². The van der Waals surface area contributed by atoms with Crippen LogP contribution in [0.15, 0.2) is 162 Å². The first kappa shape index (κ1) is 27.4. The van der Waals surface area contributed by atoms with Gasteiger partial charge in [-0.3, -0.25) is 0 Å². The summed E-state index contributed by atoms with van der Waals surface area (Å²) in [7, 11) is 0. The first-order valence-electron chi connectivity index (χ1n) is 16.3. The van der Waals surface area contributed by atoms with Gasteiger partial charge in [0, 0.05) is 27.3 Å². The molecule has 5 nitrogen and oxygen atoms in total. The van der Waals surface area contributed by atoms with E-state index in [0.29, 0.717) is 28.8 Å². The molecule has 0 bridgehead atoms. The number of hydrogen-bond donors (Lipinski definition) is 0. The zero-order chi connectivity index (χ0) is 32.3. The fourth-order valence-electron chi connectivity index (χ4n) is 7.02. The van der Waals surface area contributed by atoms with Crippen molar-refractivity contribution in [2.24, 2.45) is 0 Å². The maximum atomic E-state index is 6.58. The molecule has 5 heteroatoms. The average molecular weight is 627 g/mol. The highest BCUT2D eigenvalue weighted by Crippen LogP contribution is 2.40. The summed E-state index contributed by atoms with van der Waals surface area (Å²) in [5.41, 5.74) is 6.91. The van der Waals surface area contributed by atoms with Crippen molar-refractivity contribution in [2.45, 2.75) is 0 Å². The molecule has 0 unspecified atom stereocenters. The summed E-state index contributed by atoms with van der Waals surface area (Å²) in [6.07, 6.45) is 0. The molecule has 0 atom stereocenters. The fraction of sp³-hybridized carbons (Fsp3) is 0. The van der Waals surface area contributed by atoms with E-state index in [1.165, 1.54) is 5.39 Å². The number of furan rings is 1. The van der Waals surface area contributed by atoms with Gasteiger partial charge in [-0.2, -0.15) is 0 Å². The Kier molecular flexibility index (Phi) is 6.11. The van der Waals surface area contributed by atoms with E-state index in [4.69, 9.17) is 24.4 Å². The second kappa shape index (κ2) is 10.9. The summed E-state index contributed by atoms with van der Waals surface area (Å²) in [5, 5.41) is 7.58. The van der Waals surface area contributed by atoms with Gasteiger partial charge in [-0.1, -0.05) is 133 Å². The minimum atomic E-state index is 0.456. The van der Waals surface area contributed by atoms with E-state index >= 15 is 0 Å². The highest BCUT2D eigenvalue weighted by molar-refractivity contribution is 6.20. The molecule has 0 spiro atoms. The monoisotopic (exact) mass is 626 g/mol. The van der Waals surface area contributed by atoms with Crippen molar-refractivity contribution in [3.63, 3.8) is 0 Å². The Balaban J connectivity index is 1.30. The molecule has 7 aromatic carbocycles. The van der Waals surface area contributed by atoms with Gasteiger partial charge in [-0.15, -0.1) is 0 Å². The van der Waals surface area contributed by atoms with E-state index in [-0.39, 0.29) is 0 Å². The summed E-state index contributed by atoms with van der Waals surface area (Å²) in [4.78, 5) is 20.7. The normalized spacial score (nSPS) is 11.7. The zero-order valence-corrected chi connectivity index (χ0v) is 26.2. The van der Waals surface area contributed by atoms with Crippen LogP contribution in [0.25, 0.3) is 99.8 Å². The Morgan fingerprint density at radius 1 is 0.388 bits per heavy atom. The quantitative estimate of drug-likeness (QED) is 0.182. The molecule has 228 valence electrons. The van der Waals surface area contributed by atoms with Crippen LogP contribution in [0, 0.1) is 0 Å². The third-order valence-corrected chi connectivity index (χ3v) is 9.30. The molecule has 0 aliphatic heterocycles. The van der Waals surface area contributed by atoms with Crippen molar-refractivity contribution in [3.8, 4) is 45.4 Å². The molecule has 0 aliphatic rings. The third kappa shape index (κ3) is 4.48. The summed E-state index contributed by atoms with van der Waals surface area (Å²) in [6, 6.07) is 54.1. The van der Waals surface area contributed by atoms with E-state index in [9.17, 15) is 0 Å². The van der Waals surface area contributed by atoms with Crippen LogP contribution in [0.1, 0.15) is 0 Å². The molecule has 0 aliphatic carbocycles. The van der Waals surface area contributed by atoms with Gasteiger partial charge in [-0.05, 0) is 56.9 Å². The zero-order valence-electron chi connectivity index (χ0n) is 26.2. The van der Waals surface area contributed by atoms with Gasteiger partial charge in [0.2, 0.25) is 0 Å². The lowest BCUT2D eigenvalue weighted by Gasteiger charge is -2.13. The van der Waals surface area contributed by atoms with Crippen molar-refractivity contribution in [3.05, 3.63) is 158 Å². The van der Waals surface area contributed by atoms with Crippen LogP contribution < -0.4 is 0 Å². The molecule has 0 saturated heterocycles. The van der Waals surface area contributed by atoms with Crippen LogP contribution in [0.5, 0.6) is 0 Å². The summed E-state index contributed by atoms with van der Waals surface area (Å²) in [5.74, 6) is 1.60. The van der Waals surface area contributed by atoms with Gasteiger partial charge < -0.3 is 4.42 Å². The maximum Gasteiger partial charge on any atom is 0.186 e. The molecule has 0 amide bonds. The molecular weight excluding hydrogens is 601 g/mol. The Bertz CT molecular complexity index is 2890. The van der Waals surface area contributed by atoms with E-state index in [1.54, 1.807) is 0 Å². The number of nitrogens with zero attached hydrogens (tertiary/aromatic N) is 4. The van der Waals surface area contributed by atoms with Crippen molar-refractivity contribution < 1.29 is 4.42 Å². The van der Waals surface area contributed by atoms with E-state index in [1.807, 2.05) is 42.5 Å². The highest BCUT2D eigenvalue weighted by Gasteiger charge is 2.22. The number of benzene rings is 7. The minimum absolute atomic E-state index is 0.456. The molecule has 10 rings (SSSR count). The van der Waals surface area contributed by atoms with Gasteiger partial charge in [0.05, 0.1) is 5.52 Å². The number of fused-ring (bicyclic) bond motifs is 8. The van der Waals surface area contributed by atoms with Crippen LogP contribution in [0.3, 0.4) is 0 Å². The van der Waals surface area contributed by atoms with Crippen LogP contribution >= 0.6 is 0 Å². The van der Waals surface area contributed by atoms with Crippen molar-refractivity contribution in [1.82, 2.24) is 19.9 Å². The van der Waals surface area contributed by atoms with Crippen LogP contribution in [-0.4, -0.2) is 19.9 Å². The fourth-order valence-corrected chi connectivity index (χ4v) is 7.02. The average Bonchev–Trinajstić information content (AvgIpc) is 3.58. The second-order valence-electron chi connectivity index (χ2n) is 12.2. The first-order chi connectivity index (χ1) is 24.3. The minimum Gasteiger partial charge on any atom is -0.454 e. The number of aromatic nitrogens is 4. The summed E-state index contributed by atoms with van der Waals surface area (Å²) in [6.45, 7) is 0. The maximum absolute atomic E-state index is 6.58. The van der Waals surface area contributed by atoms with Gasteiger partial charge >= 0.3 is 0 Å². The topological polar surface area (TPSA) is 64.7 Å². The summed E-state index contributed by atoms with van der Waals surface area (Å²) >= 11 is 0. The van der Waals surface area contributed by atoms with Crippen molar-refractivity contribution in [1.29, 1.82) is 0 Å². The molecule has 10 aromatic rings. The molecule has 0 N–H and O–H groups in total. The first-order valence-corrected chi connectivity index (χ1v) is 16.3. The highest BCUT2D eigenvalue weighted by atomic mass is 16.3. The van der Waals surface area contributed by atoms with Crippen LogP contribution in [0.2, 0.25) is 0 Å².